The summed E-state index contributed by atoms with van der Waals surface area (Å²) in [6.07, 6.45) is 3.37. The third-order valence-corrected chi connectivity index (χ3v) is 17.4. The molecule has 8 heteroatoms. The Morgan fingerprint density at radius 2 is 1.08 bits per heavy atom. The van der Waals surface area contributed by atoms with E-state index in [1.165, 1.54) is 0 Å². The molecule has 0 aliphatic heterocycles. The molecular weight excluding hydrogens is 484 g/mol. The number of H-pyrrole nitrogens is 2. The van der Waals surface area contributed by atoms with Gasteiger partial charge < -0.3 is 18.8 Å². The topological polar surface area (TPSA) is 84.2 Å². The first-order valence-corrected chi connectivity index (χ1v) is 18.9. The van der Waals surface area contributed by atoms with Crippen LogP contribution in [0.25, 0.3) is 0 Å². The number of rotatable bonds is 13. The fourth-order valence-corrected chi connectivity index (χ4v) is 6.00. The SMILES string of the molecule is CC(C)(C)[Si](C)(C)OCCC(CCO[Si](C)(C)C(C)(C)C)C(c1ccc(C=O)[nH]1)c1ccc(C=O)[nH]1. The van der Waals surface area contributed by atoms with Gasteiger partial charge in [0.05, 0.1) is 11.4 Å². The highest BCUT2D eigenvalue weighted by atomic mass is 28.4. The molecule has 0 atom stereocenters. The number of aromatic nitrogens is 2. The maximum absolute atomic E-state index is 11.4. The maximum Gasteiger partial charge on any atom is 0.191 e. The van der Waals surface area contributed by atoms with Crippen molar-refractivity contribution in [1.82, 2.24) is 9.97 Å². The molecule has 0 amide bonds. The van der Waals surface area contributed by atoms with E-state index in [2.05, 4.69) is 77.7 Å². The van der Waals surface area contributed by atoms with Crippen molar-refractivity contribution in [3.05, 3.63) is 47.0 Å². The average Bonchev–Trinajstić information content (AvgIpc) is 3.41. The number of nitrogens with one attached hydrogen (secondary N) is 2. The van der Waals surface area contributed by atoms with Gasteiger partial charge in [0.25, 0.3) is 0 Å². The van der Waals surface area contributed by atoms with E-state index in [-0.39, 0.29) is 21.9 Å². The second-order valence-electron chi connectivity index (χ2n) is 13.0. The molecule has 2 rings (SSSR count). The minimum atomic E-state index is -1.89. The molecule has 0 aliphatic rings. The third-order valence-electron chi connectivity index (χ3n) is 8.37. The lowest BCUT2D eigenvalue weighted by molar-refractivity contribution is 0.111. The van der Waals surface area contributed by atoms with E-state index in [1.54, 1.807) is 0 Å². The molecule has 0 radical (unpaired) electrons. The quantitative estimate of drug-likeness (QED) is 0.206. The van der Waals surface area contributed by atoms with Crippen molar-refractivity contribution in [3.63, 3.8) is 0 Å². The van der Waals surface area contributed by atoms with Gasteiger partial charge in [0.2, 0.25) is 0 Å². The Hall–Kier alpha value is -1.75. The summed E-state index contributed by atoms with van der Waals surface area (Å²) in [5, 5.41) is 0.286. The molecule has 0 bridgehead atoms. The molecule has 0 aromatic carbocycles. The highest BCUT2D eigenvalue weighted by molar-refractivity contribution is 6.74. The van der Waals surface area contributed by atoms with Crippen molar-refractivity contribution < 1.29 is 18.4 Å². The molecule has 36 heavy (non-hydrogen) atoms. The van der Waals surface area contributed by atoms with E-state index in [1.807, 2.05) is 24.3 Å². The zero-order valence-electron chi connectivity index (χ0n) is 24.1. The lowest BCUT2D eigenvalue weighted by atomic mass is 9.82. The monoisotopic (exact) mass is 532 g/mol. The minimum Gasteiger partial charge on any atom is -0.417 e. The zero-order valence-corrected chi connectivity index (χ0v) is 26.1. The molecule has 2 aromatic rings. The van der Waals surface area contributed by atoms with Gasteiger partial charge in [0.15, 0.2) is 29.2 Å². The van der Waals surface area contributed by atoms with Crippen LogP contribution in [-0.2, 0) is 8.85 Å². The van der Waals surface area contributed by atoms with E-state index in [4.69, 9.17) is 8.85 Å². The first-order chi connectivity index (χ1) is 16.5. The largest absolute Gasteiger partial charge is 0.417 e. The number of aldehydes is 2. The van der Waals surface area contributed by atoms with Gasteiger partial charge in [-0.1, -0.05) is 41.5 Å². The van der Waals surface area contributed by atoms with E-state index in [0.29, 0.717) is 24.6 Å². The smallest absolute Gasteiger partial charge is 0.191 e. The van der Waals surface area contributed by atoms with E-state index in [9.17, 15) is 9.59 Å². The van der Waals surface area contributed by atoms with Crippen molar-refractivity contribution >= 4 is 29.2 Å². The van der Waals surface area contributed by atoms with Gasteiger partial charge in [-0.3, -0.25) is 9.59 Å². The molecule has 0 aliphatic carbocycles. The first kappa shape index (κ1) is 30.5. The van der Waals surface area contributed by atoms with Crippen molar-refractivity contribution in [2.45, 2.75) is 96.6 Å². The number of carbonyl (C=O) groups is 2. The van der Waals surface area contributed by atoms with E-state index in [0.717, 1.165) is 36.8 Å². The van der Waals surface area contributed by atoms with E-state index >= 15 is 0 Å². The Morgan fingerprint density at radius 1 is 0.722 bits per heavy atom. The molecule has 6 nitrogen and oxygen atoms in total. The number of aromatic amines is 2. The Bertz CT molecular complexity index is 918. The molecule has 0 spiro atoms. The highest BCUT2D eigenvalue weighted by Gasteiger charge is 2.39. The molecule has 0 saturated carbocycles. The first-order valence-electron chi connectivity index (χ1n) is 13.1. The second-order valence-corrected chi connectivity index (χ2v) is 22.6. The fourth-order valence-electron chi connectivity index (χ4n) is 3.88. The summed E-state index contributed by atoms with van der Waals surface area (Å²) in [7, 11) is -3.77. The van der Waals surface area contributed by atoms with Gasteiger partial charge in [0.1, 0.15) is 0 Å². The van der Waals surface area contributed by atoms with Crippen LogP contribution in [0.4, 0.5) is 0 Å². The van der Waals surface area contributed by atoms with Crippen molar-refractivity contribution in [3.8, 4) is 0 Å². The fraction of sp³-hybridized carbons (Fsp3) is 0.643. The van der Waals surface area contributed by atoms with Gasteiger partial charge in [-0.15, -0.1) is 0 Å². The van der Waals surface area contributed by atoms with Crippen LogP contribution in [0.5, 0.6) is 0 Å². The van der Waals surface area contributed by atoms with Gasteiger partial charge in [-0.05, 0) is 79.3 Å². The summed E-state index contributed by atoms with van der Waals surface area (Å²) in [6, 6.07) is 7.58. The van der Waals surface area contributed by atoms with Crippen LogP contribution in [-0.4, -0.2) is 52.4 Å². The van der Waals surface area contributed by atoms with Gasteiger partial charge in [-0.25, -0.2) is 0 Å². The average molecular weight is 533 g/mol. The van der Waals surface area contributed by atoms with Crippen LogP contribution in [0.1, 0.15) is 92.7 Å². The lowest BCUT2D eigenvalue weighted by Gasteiger charge is -2.38. The number of hydrogen-bond donors (Lipinski definition) is 2. The number of carbonyl (C=O) groups excluding carboxylic acids is 2. The standard InChI is InChI=1S/C28H48N2O4Si2/c1-27(2,3)35(7,8)33-17-15-21(16-18-34-36(9,10)28(4,5)6)26(24-13-11-22(19-31)29-24)25-14-12-23(20-32)30-25/h11-14,19-21,26,29-30H,15-18H2,1-10H3. The second kappa shape index (κ2) is 11.8. The van der Waals surface area contributed by atoms with Gasteiger partial charge in [-0.2, -0.15) is 0 Å². The highest BCUT2D eigenvalue weighted by Crippen LogP contribution is 2.40. The lowest BCUT2D eigenvalue weighted by Crippen LogP contribution is -2.42. The predicted molar refractivity (Wildman–Crippen MR) is 153 cm³/mol. The van der Waals surface area contributed by atoms with Crippen LogP contribution in [0.2, 0.25) is 36.3 Å². The minimum absolute atomic E-state index is 0.0431. The molecule has 2 N–H and O–H groups in total. The van der Waals surface area contributed by atoms with Crippen molar-refractivity contribution in [2.24, 2.45) is 5.92 Å². The summed E-state index contributed by atoms with van der Waals surface area (Å²) >= 11 is 0. The Balaban J connectivity index is 2.37. The maximum atomic E-state index is 11.4. The summed E-state index contributed by atoms with van der Waals surface area (Å²) in [6.45, 7) is 24.0. The predicted octanol–water partition coefficient (Wildman–Crippen LogP) is 7.54. The third kappa shape index (κ3) is 7.63. The Morgan fingerprint density at radius 3 is 1.36 bits per heavy atom. The van der Waals surface area contributed by atoms with Gasteiger partial charge in [0, 0.05) is 30.5 Å². The number of hydrogen-bond acceptors (Lipinski definition) is 4. The molecule has 0 fully saturated rings. The Labute approximate surface area is 220 Å². The molecule has 0 saturated heterocycles. The molecular formula is C28H48N2O4Si2. The van der Waals surface area contributed by atoms with Crippen LogP contribution in [0, 0.1) is 5.92 Å². The van der Waals surface area contributed by atoms with Crippen molar-refractivity contribution in [1.29, 1.82) is 0 Å². The summed E-state index contributed by atoms with van der Waals surface area (Å²) in [5.41, 5.74) is 3.01. The normalized spacial score (nSPS) is 13.6. The van der Waals surface area contributed by atoms with Crippen molar-refractivity contribution in [2.75, 3.05) is 13.2 Å². The summed E-state index contributed by atoms with van der Waals surface area (Å²) in [4.78, 5) is 29.5. The van der Waals surface area contributed by atoms with Crippen LogP contribution >= 0.6 is 0 Å². The van der Waals surface area contributed by atoms with Gasteiger partial charge >= 0.3 is 0 Å². The molecule has 202 valence electrons. The van der Waals surface area contributed by atoms with Crippen LogP contribution in [0.15, 0.2) is 24.3 Å². The van der Waals surface area contributed by atoms with Crippen LogP contribution in [0.3, 0.4) is 0 Å². The summed E-state index contributed by atoms with van der Waals surface area (Å²) < 4.78 is 13.1. The summed E-state index contributed by atoms with van der Waals surface area (Å²) in [5.74, 6) is 0.147. The van der Waals surface area contributed by atoms with E-state index < -0.39 is 16.6 Å². The Kier molecular flexibility index (Phi) is 9.95. The van der Waals surface area contributed by atoms with Crippen LogP contribution < -0.4 is 0 Å². The zero-order chi connectivity index (χ0) is 27.4. The molecule has 2 heterocycles. The molecule has 2 aromatic heterocycles. The molecule has 0 unspecified atom stereocenters.